The Morgan fingerprint density at radius 1 is 1.35 bits per heavy atom. The summed E-state index contributed by atoms with van der Waals surface area (Å²) in [4.78, 5) is 4.43. The Labute approximate surface area is 123 Å². The maximum absolute atomic E-state index is 5.90. The van der Waals surface area contributed by atoms with Gasteiger partial charge in [-0.05, 0) is 31.0 Å². The number of aromatic nitrogens is 2. The summed E-state index contributed by atoms with van der Waals surface area (Å²) in [7, 11) is 1.66. The van der Waals surface area contributed by atoms with E-state index in [1.54, 1.807) is 25.3 Å². The molecule has 0 saturated carbocycles. The number of anilines is 1. The van der Waals surface area contributed by atoms with Crippen LogP contribution in [-0.4, -0.2) is 17.3 Å². The molecular formula is C14H18ClN3O2. The molecule has 2 aromatic rings. The first kappa shape index (κ1) is 14.8. The van der Waals surface area contributed by atoms with Crippen LogP contribution in [0.3, 0.4) is 0 Å². The molecule has 0 aliphatic rings. The van der Waals surface area contributed by atoms with Gasteiger partial charge in [-0.15, -0.1) is 0 Å². The standard InChI is InChI=1S/C14H18ClN3O2/c1-4-14(5-2,19-3)13-17-12(20-18-13)9-6-7-10(15)11(16)8-9/h6-8H,4-5,16H2,1-3H3. The first-order chi connectivity index (χ1) is 9.56. The molecule has 0 amide bonds. The molecular weight excluding hydrogens is 278 g/mol. The predicted octanol–water partition coefficient (Wildman–Crippen LogP) is 3.63. The molecule has 108 valence electrons. The zero-order chi connectivity index (χ0) is 14.8. The number of nitrogen functional groups attached to an aromatic ring is 1. The van der Waals surface area contributed by atoms with Gasteiger partial charge >= 0.3 is 0 Å². The monoisotopic (exact) mass is 295 g/mol. The van der Waals surface area contributed by atoms with E-state index in [1.807, 2.05) is 13.8 Å². The zero-order valence-corrected chi connectivity index (χ0v) is 12.6. The quantitative estimate of drug-likeness (QED) is 0.853. The second-order valence-corrected chi connectivity index (χ2v) is 4.97. The molecule has 0 unspecified atom stereocenters. The molecule has 1 heterocycles. The number of methoxy groups -OCH3 is 1. The van der Waals surface area contributed by atoms with Crippen molar-refractivity contribution in [2.45, 2.75) is 32.3 Å². The molecule has 1 aromatic carbocycles. The van der Waals surface area contributed by atoms with Crippen LogP contribution in [0.5, 0.6) is 0 Å². The maximum Gasteiger partial charge on any atom is 0.258 e. The molecule has 0 atom stereocenters. The lowest BCUT2D eigenvalue weighted by molar-refractivity contribution is -0.0306. The third-order valence-electron chi connectivity index (χ3n) is 3.61. The number of rotatable bonds is 5. The lowest BCUT2D eigenvalue weighted by Crippen LogP contribution is -2.28. The number of hydrogen-bond donors (Lipinski definition) is 1. The van der Waals surface area contributed by atoms with E-state index in [9.17, 15) is 0 Å². The van der Waals surface area contributed by atoms with Gasteiger partial charge in [0.2, 0.25) is 5.82 Å². The maximum atomic E-state index is 5.90. The Bertz CT molecular complexity index is 586. The van der Waals surface area contributed by atoms with Gasteiger partial charge in [0.15, 0.2) is 0 Å². The number of nitrogens with two attached hydrogens (primary N) is 1. The molecule has 20 heavy (non-hydrogen) atoms. The van der Waals surface area contributed by atoms with Crippen LogP contribution in [0, 0.1) is 0 Å². The van der Waals surface area contributed by atoms with E-state index in [0.29, 0.717) is 22.4 Å². The fraction of sp³-hybridized carbons (Fsp3) is 0.429. The largest absolute Gasteiger partial charge is 0.398 e. The van der Waals surface area contributed by atoms with E-state index in [2.05, 4.69) is 10.1 Å². The van der Waals surface area contributed by atoms with Crippen LogP contribution in [0.4, 0.5) is 5.69 Å². The van der Waals surface area contributed by atoms with Crippen LogP contribution in [0.25, 0.3) is 11.5 Å². The second kappa shape index (κ2) is 5.81. The summed E-state index contributed by atoms with van der Waals surface area (Å²) in [5, 5.41) is 4.55. The van der Waals surface area contributed by atoms with Gasteiger partial charge in [0.05, 0.1) is 10.7 Å². The summed E-state index contributed by atoms with van der Waals surface area (Å²) in [6, 6.07) is 5.22. The van der Waals surface area contributed by atoms with Crippen LogP contribution < -0.4 is 5.73 Å². The van der Waals surface area contributed by atoms with E-state index >= 15 is 0 Å². The predicted molar refractivity (Wildman–Crippen MR) is 78.4 cm³/mol. The summed E-state index contributed by atoms with van der Waals surface area (Å²) in [5.41, 5.74) is 6.49. The number of halogens is 1. The minimum absolute atomic E-state index is 0.409. The highest BCUT2D eigenvalue weighted by Crippen LogP contribution is 2.32. The average Bonchev–Trinajstić information content (AvgIpc) is 2.95. The van der Waals surface area contributed by atoms with Crippen molar-refractivity contribution in [3.8, 4) is 11.5 Å². The lowest BCUT2D eigenvalue weighted by atomic mass is 9.96. The van der Waals surface area contributed by atoms with Crippen LogP contribution in [0.2, 0.25) is 5.02 Å². The third-order valence-corrected chi connectivity index (χ3v) is 3.95. The van der Waals surface area contributed by atoms with Gasteiger partial charge in [-0.2, -0.15) is 4.98 Å². The van der Waals surface area contributed by atoms with Crippen LogP contribution in [0.15, 0.2) is 22.7 Å². The summed E-state index contributed by atoms with van der Waals surface area (Å²) >= 11 is 5.90. The molecule has 0 bridgehead atoms. The Hall–Kier alpha value is -1.59. The smallest absolute Gasteiger partial charge is 0.258 e. The van der Waals surface area contributed by atoms with Gasteiger partial charge in [-0.1, -0.05) is 30.6 Å². The molecule has 6 heteroatoms. The molecule has 1 aromatic heterocycles. The summed E-state index contributed by atoms with van der Waals surface area (Å²) < 4.78 is 10.9. The van der Waals surface area contributed by atoms with E-state index < -0.39 is 5.60 Å². The number of benzene rings is 1. The molecule has 0 radical (unpaired) electrons. The molecule has 0 aliphatic carbocycles. The Morgan fingerprint density at radius 3 is 2.60 bits per heavy atom. The van der Waals surface area contributed by atoms with E-state index in [0.717, 1.165) is 18.4 Å². The topological polar surface area (TPSA) is 74.2 Å². The van der Waals surface area contributed by atoms with Crippen molar-refractivity contribution in [3.05, 3.63) is 29.0 Å². The summed E-state index contributed by atoms with van der Waals surface area (Å²) in [5.74, 6) is 0.959. The van der Waals surface area contributed by atoms with Gasteiger partial charge < -0.3 is 15.0 Å². The van der Waals surface area contributed by atoms with Crippen molar-refractivity contribution >= 4 is 17.3 Å². The highest BCUT2D eigenvalue weighted by molar-refractivity contribution is 6.33. The van der Waals surface area contributed by atoms with Crippen molar-refractivity contribution < 1.29 is 9.26 Å². The first-order valence-corrected chi connectivity index (χ1v) is 6.88. The van der Waals surface area contributed by atoms with Gasteiger partial charge in [-0.25, -0.2) is 0 Å². The molecule has 0 saturated heterocycles. The fourth-order valence-corrected chi connectivity index (χ4v) is 2.27. The number of hydrogen-bond acceptors (Lipinski definition) is 5. The first-order valence-electron chi connectivity index (χ1n) is 6.51. The molecule has 0 aliphatic heterocycles. The molecule has 0 fully saturated rings. The Morgan fingerprint density at radius 2 is 2.05 bits per heavy atom. The molecule has 2 N–H and O–H groups in total. The van der Waals surface area contributed by atoms with Crippen molar-refractivity contribution in [2.75, 3.05) is 12.8 Å². The lowest BCUT2D eigenvalue weighted by Gasteiger charge is -2.25. The zero-order valence-electron chi connectivity index (χ0n) is 11.8. The fourth-order valence-electron chi connectivity index (χ4n) is 2.15. The molecule has 0 spiro atoms. The normalized spacial score (nSPS) is 11.8. The van der Waals surface area contributed by atoms with Gasteiger partial charge in [0.25, 0.3) is 5.89 Å². The highest BCUT2D eigenvalue weighted by atomic mass is 35.5. The number of ether oxygens (including phenoxy) is 1. The van der Waals surface area contributed by atoms with Crippen molar-refractivity contribution in [1.82, 2.24) is 10.1 Å². The van der Waals surface area contributed by atoms with Crippen LogP contribution >= 0.6 is 11.6 Å². The second-order valence-electron chi connectivity index (χ2n) is 4.56. The Kier molecular flexibility index (Phi) is 4.30. The van der Waals surface area contributed by atoms with Crippen molar-refractivity contribution in [1.29, 1.82) is 0 Å². The van der Waals surface area contributed by atoms with E-state index in [-0.39, 0.29) is 0 Å². The van der Waals surface area contributed by atoms with Gasteiger partial charge in [-0.3, -0.25) is 0 Å². The minimum atomic E-state index is -0.514. The van der Waals surface area contributed by atoms with Crippen LogP contribution in [-0.2, 0) is 10.3 Å². The SMILES string of the molecule is CCC(CC)(OC)c1noc(-c2ccc(Cl)c(N)c2)n1. The van der Waals surface area contributed by atoms with Gasteiger partial charge in [0.1, 0.15) is 5.60 Å². The molecule has 5 nitrogen and oxygen atoms in total. The van der Waals surface area contributed by atoms with Gasteiger partial charge in [0, 0.05) is 12.7 Å². The summed E-state index contributed by atoms with van der Waals surface area (Å²) in [6.07, 6.45) is 1.53. The third kappa shape index (κ3) is 2.51. The minimum Gasteiger partial charge on any atom is -0.398 e. The highest BCUT2D eigenvalue weighted by Gasteiger charge is 2.33. The average molecular weight is 296 g/mol. The van der Waals surface area contributed by atoms with E-state index in [4.69, 9.17) is 26.6 Å². The van der Waals surface area contributed by atoms with Crippen molar-refractivity contribution in [3.63, 3.8) is 0 Å². The Balaban J connectivity index is 2.39. The van der Waals surface area contributed by atoms with E-state index in [1.165, 1.54) is 0 Å². The van der Waals surface area contributed by atoms with Crippen molar-refractivity contribution in [2.24, 2.45) is 0 Å². The number of nitrogens with zero attached hydrogens (tertiary/aromatic N) is 2. The molecule has 2 rings (SSSR count). The van der Waals surface area contributed by atoms with Crippen LogP contribution in [0.1, 0.15) is 32.5 Å². The summed E-state index contributed by atoms with van der Waals surface area (Å²) in [6.45, 7) is 4.06.